The van der Waals surface area contributed by atoms with Crippen LogP contribution in [0.15, 0.2) is 218 Å². The Kier molecular flexibility index (Phi) is 9.67. The molecule has 0 fully saturated rings. The number of hydrogen-bond acceptors (Lipinski definition) is 1. The molecule has 0 N–H and O–H groups in total. The van der Waals surface area contributed by atoms with Crippen molar-refractivity contribution in [3.63, 3.8) is 0 Å². The van der Waals surface area contributed by atoms with Gasteiger partial charge < -0.3 is 9.47 Å². The molecule has 0 aliphatic heterocycles. The van der Waals surface area contributed by atoms with Crippen molar-refractivity contribution in [3.8, 4) is 39.1 Å². The summed E-state index contributed by atoms with van der Waals surface area (Å²) in [6, 6.07) is 81.3. The highest BCUT2D eigenvalue weighted by atomic mass is 15.1. The maximum absolute atomic E-state index is 2.52. The number of anilines is 3. The van der Waals surface area contributed by atoms with E-state index in [1.54, 1.807) is 0 Å². The van der Waals surface area contributed by atoms with Gasteiger partial charge >= 0.3 is 0 Å². The van der Waals surface area contributed by atoms with Crippen molar-refractivity contribution < 1.29 is 0 Å². The van der Waals surface area contributed by atoms with E-state index >= 15 is 0 Å². The number of benzene rings is 11. The number of nitrogens with zero attached hydrogens (tertiary/aromatic N) is 2. The lowest BCUT2D eigenvalue weighted by Crippen LogP contribution is -2.11. The Morgan fingerprint density at radius 1 is 0.338 bits per heavy atom. The zero-order valence-corrected chi connectivity index (χ0v) is 39.7. The topological polar surface area (TPSA) is 8.17 Å². The molecule has 0 saturated carbocycles. The third kappa shape index (κ3) is 6.94. The first-order valence-electron chi connectivity index (χ1n) is 24.0. The van der Waals surface area contributed by atoms with Crippen LogP contribution in [-0.4, -0.2) is 4.57 Å². The third-order valence-corrected chi connectivity index (χ3v) is 14.3. The Labute approximate surface area is 399 Å². The highest BCUT2D eigenvalue weighted by Crippen LogP contribution is 2.47. The Hall–Kier alpha value is -7.94. The molecule has 68 heavy (non-hydrogen) atoms. The molecule has 12 rings (SSSR count). The van der Waals surface area contributed by atoms with E-state index in [4.69, 9.17) is 0 Å². The van der Waals surface area contributed by atoms with Gasteiger partial charge in [-0.15, -0.1) is 0 Å². The predicted octanol–water partition coefficient (Wildman–Crippen LogP) is 18.7. The van der Waals surface area contributed by atoms with E-state index in [2.05, 4.69) is 269 Å². The lowest BCUT2D eigenvalue weighted by atomic mass is 9.85. The maximum atomic E-state index is 2.52. The molecule has 1 aromatic heterocycles. The van der Waals surface area contributed by atoms with Crippen LogP contribution in [0.5, 0.6) is 0 Å². The highest BCUT2D eigenvalue weighted by molar-refractivity contribution is 6.27. The normalized spacial score (nSPS) is 12.3. The van der Waals surface area contributed by atoms with E-state index in [1.807, 2.05) is 0 Å². The van der Waals surface area contributed by atoms with Gasteiger partial charge in [0.2, 0.25) is 0 Å². The summed E-state index contributed by atoms with van der Waals surface area (Å²) in [5.41, 5.74) is 16.9. The van der Waals surface area contributed by atoms with Gasteiger partial charge in [-0.3, -0.25) is 0 Å². The maximum Gasteiger partial charge on any atom is 0.0541 e. The van der Waals surface area contributed by atoms with Crippen molar-refractivity contribution >= 4 is 71.2 Å². The molecule has 0 aliphatic rings. The summed E-state index contributed by atoms with van der Waals surface area (Å²) in [6.45, 7) is 13.9. The van der Waals surface area contributed by atoms with E-state index in [-0.39, 0.29) is 10.8 Å². The van der Waals surface area contributed by atoms with Gasteiger partial charge in [-0.1, -0.05) is 199 Å². The van der Waals surface area contributed by atoms with E-state index in [0.717, 1.165) is 17.1 Å². The van der Waals surface area contributed by atoms with Gasteiger partial charge in [0.05, 0.1) is 22.4 Å². The monoisotopic (exact) mass is 874 g/mol. The van der Waals surface area contributed by atoms with Crippen LogP contribution in [0.25, 0.3) is 93.2 Å². The van der Waals surface area contributed by atoms with Crippen molar-refractivity contribution in [3.05, 3.63) is 230 Å². The van der Waals surface area contributed by atoms with Crippen LogP contribution in [0.3, 0.4) is 0 Å². The second-order valence-corrected chi connectivity index (χ2v) is 20.6. The first-order valence-corrected chi connectivity index (χ1v) is 24.0. The van der Waals surface area contributed by atoms with Crippen LogP contribution in [-0.2, 0) is 10.8 Å². The van der Waals surface area contributed by atoms with E-state index in [1.165, 1.54) is 104 Å². The molecule has 2 heteroatoms. The van der Waals surface area contributed by atoms with Crippen LogP contribution < -0.4 is 4.90 Å². The van der Waals surface area contributed by atoms with Gasteiger partial charge in [0.25, 0.3) is 0 Å². The van der Waals surface area contributed by atoms with Crippen molar-refractivity contribution in [1.82, 2.24) is 4.57 Å². The zero-order valence-electron chi connectivity index (χ0n) is 39.7. The van der Waals surface area contributed by atoms with Crippen molar-refractivity contribution in [2.45, 2.75) is 52.4 Å². The summed E-state index contributed by atoms with van der Waals surface area (Å²) in [5.74, 6) is 0. The minimum absolute atomic E-state index is 0.0285. The smallest absolute Gasteiger partial charge is 0.0541 e. The first kappa shape index (κ1) is 41.5. The average Bonchev–Trinajstić information content (AvgIpc) is 3.69. The van der Waals surface area contributed by atoms with Gasteiger partial charge in [-0.2, -0.15) is 0 Å². The van der Waals surface area contributed by atoms with Crippen molar-refractivity contribution in [2.75, 3.05) is 4.90 Å². The highest BCUT2D eigenvalue weighted by Gasteiger charge is 2.24. The molecule has 2 nitrogen and oxygen atoms in total. The molecule has 1 heterocycles. The number of hydrogen-bond donors (Lipinski definition) is 0. The minimum atomic E-state index is 0.0285. The molecule has 328 valence electrons. The molecular weight excluding hydrogens is 821 g/mol. The SMILES string of the molecule is CC(C)(C)c1ccc2c(c1)c1cc(C(C)(C)C)ccc1n2-c1ccc2ccc3c(N(c4ccc(-c5ccccc5)cc4)c4cccc(-c5ccccc5-c5ccccc5)c4)ccc4ccc1c2c43. The number of fused-ring (bicyclic) bond motifs is 3. The lowest BCUT2D eigenvalue weighted by molar-refractivity contribution is 0.590. The molecule has 0 saturated heterocycles. The largest absolute Gasteiger partial charge is 0.310 e. The van der Waals surface area contributed by atoms with Crippen LogP contribution in [0.2, 0.25) is 0 Å². The van der Waals surface area contributed by atoms with Crippen LogP contribution in [0, 0.1) is 0 Å². The molecule has 12 aromatic rings. The Balaban J connectivity index is 1.08. The lowest BCUT2D eigenvalue weighted by Gasteiger charge is -2.28. The second kappa shape index (κ2) is 15.9. The molecule has 0 amide bonds. The van der Waals surface area contributed by atoms with Gasteiger partial charge in [0, 0.05) is 32.9 Å². The molecular formula is C66H54N2. The summed E-state index contributed by atoms with van der Waals surface area (Å²) in [5, 5.41) is 10.1. The fourth-order valence-electron chi connectivity index (χ4n) is 10.7. The summed E-state index contributed by atoms with van der Waals surface area (Å²) in [4.78, 5) is 2.46. The van der Waals surface area contributed by atoms with E-state index < -0.39 is 0 Å². The minimum Gasteiger partial charge on any atom is -0.310 e. The van der Waals surface area contributed by atoms with E-state index in [9.17, 15) is 0 Å². The standard InChI is InChI=1S/C66H54N2/c1-65(2,3)49-30-38-61-57(41-49)58-42-50(66(4,5)6)31-39-62(58)68(61)60-37-29-47-26-34-55-59(36-28-46-27-35-56(60)64(47)63(46)55)67(51-32-24-44(25-33-51)43-16-9-7-10-17-43)52-21-15-20-48(40-52)54-23-14-13-22-53(54)45-18-11-8-12-19-45/h7-42H,1-6H3. The van der Waals surface area contributed by atoms with Crippen LogP contribution in [0.4, 0.5) is 17.1 Å². The summed E-state index contributed by atoms with van der Waals surface area (Å²) < 4.78 is 2.52. The fraction of sp³-hybridized carbons (Fsp3) is 0.121. The molecule has 0 aliphatic carbocycles. The molecule has 0 radical (unpaired) electrons. The second-order valence-electron chi connectivity index (χ2n) is 20.6. The van der Waals surface area contributed by atoms with Crippen molar-refractivity contribution in [2.24, 2.45) is 0 Å². The third-order valence-electron chi connectivity index (χ3n) is 14.3. The first-order chi connectivity index (χ1) is 33.0. The Morgan fingerprint density at radius 3 is 1.46 bits per heavy atom. The molecule has 0 spiro atoms. The zero-order chi connectivity index (χ0) is 46.3. The summed E-state index contributed by atoms with van der Waals surface area (Å²) in [7, 11) is 0. The fourth-order valence-corrected chi connectivity index (χ4v) is 10.7. The molecule has 0 bridgehead atoms. The van der Waals surface area contributed by atoms with Gasteiger partial charge in [-0.25, -0.2) is 0 Å². The molecule has 0 unspecified atom stereocenters. The van der Waals surface area contributed by atoms with Gasteiger partial charge in [0.15, 0.2) is 0 Å². The Morgan fingerprint density at radius 2 is 0.838 bits per heavy atom. The van der Waals surface area contributed by atoms with Crippen LogP contribution >= 0.6 is 0 Å². The number of aromatic nitrogens is 1. The molecule has 11 aromatic carbocycles. The number of rotatable bonds is 7. The van der Waals surface area contributed by atoms with E-state index in [0.29, 0.717) is 0 Å². The van der Waals surface area contributed by atoms with Crippen LogP contribution in [0.1, 0.15) is 52.7 Å². The average molecular weight is 875 g/mol. The van der Waals surface area contributed by atoms with Crippen molar-refractivity contribution in [1.29, 1.82) is 0 Å². The summed E-state index contributed by atoms with van der Waals surface area (Å²) >= 11 is 0. The Bertz CT molecular complexity index is 3770. The predicted molar refractivity (Wildman–Crippen MR) is 293 cm³/mol. The quantitative estimate of drug-likeness (QED) is 0.145. The summed E-state index contributed by atoms with van der Waals surface area (Å²) in [6.07, 6.45) is 0. The van der Waals surface area contributed by atoms with Gasteiger partial charge in [0.1, 0.15) is 0 Å². The van der Waals surface area contributed by atoms with Gasteiger partial charge in [-0.05, 0) is 138 Å². The molecule has 0 atom stereocenters.